The molecule has 7 heteroatoms. The van der Waals surface area contributed by atoms with Crippen molar-refractivity contribution in [3.63, 3.8) is 0 Å². The fraction of sp³-hybridized carbons (Fsp3) is 0.412. The Morgan fingerprint density at radius 2 is 2.12 bits per heavy atom. The molecule has 24 heavy (non-hydrogen) atoms. The molecule has 1 saturated carbocycles. The van der Waals surface area contributed by atoms with E-state index in [4.69, 9.17) is 0 Å². The van der Waals surface area contributed by atoms with E-state index in [0.717, 1.165) is 40.2 Å². The van der Waals surface area contributed by atoms with Crippen LogP contribution >= 0.6 is 11.8 Å². The SMILES string of the molecule is Cc1[nH]c2ccccc2c1C(=O)CSc1nnnn1C1CCCC1. The number of tetrazole rings is 1. The molecule has 1 fully saturated rings. The highest BCUT2D eigenvalue weighted by Crippen LogP contribution is 2.32. The number of benzene rings is 1. The fourth-order valence-corrected chi connectivity index (χ4v) is 4.31. The normalized spacial score (nSPS) is 15.4. The molecule has 2 aromatic heterocycles. The lowest BCUT2D eigenvalue weighted by Gasteiger charge is -2.10. The third-order valence-electron chi connectivity index (χ3n) is 4.64. The van der Waals surface area contributed by atoms with Crippen LogP contribution in [0, 0.1) is 6.92 Å². The van der Waals surface area contributed by atoms with Crippen LogP contribution in [-0.4, -0.2) is 36.7 Å². The van der Waals surface area contributed by atoms with Crippen LogP contribution < -0.4 is 0 Å². The summed E-state index contributed by atoms with van der Waals surface area (Å²) in [6.45, 7) is 1.94. The molecule has 0 saturated heterocycles. The fourth-order valence-electron chi connectivity index (χ4n) is 3.50. The van der Waals surface area contributed by atoms with E-state index in [1.165, 1.54) is 24.6 Å². The summed E-state index contributed by atoms with van der Waals surface area (Å²) >= 11 is 1.43. The summed E-state index contributed by atoms with van der Waals surface area (Å²) < 4.78 is 1.90. The second-order valence-electron chi connectivity index (χ2n) is 6.23. The van der Waals surface area contributed by atoms with Crippen molar-refractivity contribution >= 4 is 28.4 Å². The number of aryl methyl sites for hydroxylation is 1. The summed E-state index contributed by atoms with van der Waals surface area (Å²) in [6.07, 6.45) is 4.69. The second kappa shape index (κ2) is 6.39. The Labute approximate surface area is 144 Å². The minimum atomic E-state index is 0.107. The van der Waals surface area contributed by atoms with Crippen LogP contribution in [-0.2, 0) is 0 Å². The Bertz CT molecular complexity index is 878. The van der Waals surface area contributed by atoms with Crippen molar-refractivity contribution in [2.24, 2.45) is 0 Å². The number of nitrogens with one attached hydrogen (secondary N) is 1. The molecule has 1 aliphatic carbocycles. The molecule has 3 aromatic rings. The Hall–Kier alpha value is -2.15. The third-order valence-corrected chi connectivity index (χ3v) is 5.57. The highest BCUT2D eigenvalue weighted by atomic mass is 32.2. The molecular formula is C17H19N5OS. The minimum absolute atomic E-state index is 0.107. The number of Topliss-reactive ketones (excluding diaryl/α,β-unsaturated/α-hetero) is 1. The first kappa shape index (κ1) is 15.4. The van der Waals surface area contributed by atoms with Crippen molar-refractivity contribution in [2.75, 3.05) is 5.75 Å². The largest absolute Gasteiger partial charge is 0.358 e. The number of thioether (sulfide) groups is 1. The van der Waals surface area contributed by atoms with Gasteiger partial charge in [-0.05, 0) is 36.3 Å². The smallest absolute Gasteiger partial charge is 0.210 e. The van der Waals surface area contributed by atoms with Crippen LogP contribution in [0.5, 0.6) is 0 Å². The predicted molar refractivity (Wildman–Crippen MR) is 93.4 cm³/mol. The van der Waals surface area contributed by atoms with Gasteiger partial charge in [-0.15, -0.1) is 5.10 Å². The molecule has 1 aliphatic rings. The standard InChI is InChI=1S/C17H19N5OS/c1-11-16(13-8-4-5-9-14(13)18-11)15(23)10-24-17-19-20-21-22(17)12-6-2-3-7-12/h4-5,8-9,12,18H,2-3,6-7,10H2,1H3. The number of hydrogen-bond donors (Lipinski definition) is 1. The van der Waals surface area contributed by atoms with Gasteiger partial charge in [-0.1, -0.05) is 42.8 Å². The maximum absolute atomic E-state index is 12.7. The van der Waals surface area contributed by atoms with Crippen LogP contribution in [0.2, 0.25) is 0 Å². The van der Waals surface area contributed by atoms with Gasteiger partial charge < -0.3 is 4.98 Å². The van der Waals surface area contributed by atoms with Gasteiger partial charge in [-0.2, -0.15) is 0 Å². The number of ketones is 1. The average molecular weight is 341 g/mol. The Morgan fingerprint density at radius 1 is 1.33 bits per heavy atom. The maximum atomic E-state index is 12.7. The van der Waals surface area contributed by atoms with Gasteiger partial charge in [0.05, 0.1) is 11.8 Å². The number of carbonyl (C=O) groups is 1. The van der Waals surface area contributed by atoms with E-state index in [9.17, 15) is 4.79 Å². The first-order valence-corrected chi connectivity index (χ1v) is 9.24. The van der Waals surface area contributed by atoms with E-state index in [-0.39, 0.29) is 5.78 Å². The summed E-state index contributed by atoms with van der Waals surface area (Å²) in [4.78, 5) is 16.0. The van der Waals surface area contributed by atoms with Gasteiger partial charge in [0.15, 0.2) is 5.78 Å². The molecule has 1 N–H and O–H groups in total. The molecule has 0 atom stereocenters. The molecule has 0 amide bonds. The summed E-state index contributed by atoms with van der Waals surface area (Å²) in [5.41, 5.74) is 2.69. The molecule has 0 radical (unpaired) electrons. The van der Waals surface area contributed by atoms with E-state index >= 15 is 0 Å². The zero-order valence-electron chi connectivity index (χ0n) is 13.5. The monoisotopic (exact) mass is 341 g/mol. The molecule has 0 aliphatic heterocycles. The summed E-state index contributed by atoms with van der Waals surface area (Å²) in [5, 5.41) is 13.8. The number of nitrogens with zero attached hydrogens (tertiary/aromatic N) is 4. The molecule has 0 unspecified atom stereocenters. The number of rotatable bonds is 5. The van der Waals surface area contributed by atoms with Crippen LogP contribution in [0.1, 0.15) is 47.8 Å². The van der Waals surface area contributed by atoms with Gasteiger partial charge in [0.1, 0.15) is 0 Å². The average Bonchev–Trinajstić information content (AvgIpc) is 3.30. The molecule has 124 valence electrons. The van der Waals surface area contributed by atoms with E-state index < -0.39 is 0 Å². The first-order valence-electron chi connectivity index (χ1n) is 8.25. The van der Waals surface area contributed by atoms with Gasteiger partial charge in [0.2, 0.25) is 5.16 Å². The molecule has 0 spiro atoms. The minimum Gasteiger partial charge on any atom is -0.358 e. The molecule has 1 aromatic carbocycles. The molecule has 0 bridgehead atoms. The predicted octanol–water partition coefficient (Wildman–Crippen LogP) is 3.55. The third kappa shape index (κ3) is 2.73. The second-order valence-corrected chi connectivity index (χ2v) is 7.17. The lowest BCUT2D eigenvalue weighted by molar-refractivity contribution is 0.102. The van der Waals surface area contributed by atoms with Gasteiger partial charge in [-0.25, -0.2) is 4.68 Å². The number of para-hydroxylation sites is 1. The van der Waals surface area contributed by atoms with E-state index in [0.29, 0.717) is 11.8 Å². The van der Waals surface area contributed by atoms with Gasteiger partial charge in [0, 0.05) is 22.2 Å². The Balaban J connectivity index is 1.53. The van der Waals surface area contributed by atoms with Crippen molar-refractivity contribution in [2.45, 2.75) is 43.8 Å². The lowest BCUT2D eigenvalue weighted by Crippen LogP contribution is -2.10. The number of fused-ring (bicyclic) bond motifs is 1. The number of H-pyrrole nitrogens is 1. The van der Waals surface area contributed by atoms with Crippen molar-refractivity contribution < 1.29 is 4.79 Å². The number of aromatic nitrogens is 5. The zero-order chi connectivity index (χ0) is 16.5. The molecular weight excluding hydrogens is 322 g/mol. The van der Waals surface area contributed by atoms with Crippen molar-refractivity contribution in [1.29, 1.82) is 0 Å². The van der Waals surface area contributed by atoms with E-state index in [1.807, 2.05) is 35.9 Å². The van der Waals surface area contributed by atoms with Gasteiger partial charge in [-0.3, -0.25) is 4.79 Å². The highest BCUT2D eigenvalue weighted by molar-refractivity contribution is 7.99. The number of carbonyl (C=O) groups excluding carboxylic acids is 1. The zero-order valence-corrected chi connectivity index (χ0v) is 14.3. The summed E-state index contributed by atoms with van der Waals surface area (Å²) in [6, 6.07) is 8.29. The van der Waals surface area contributed by atoms with Crippen LogP contribution in [0.3, 0.4) is 0 Å². The van der Waals surface area contributed by atoms with E-state index in [1.54, 1.807) is 0 Å². The highest BCUT2D eigenvalue weighted by Gasteiger charge is 2.23. The van der Waals surface area contributed by atoms with Crippen molar-refractivity contribution in [3.8, 4) is 0 Å². The van der Waals surface area contributed by atoms with Gasteiger partial charge >= 0.3 is 0 Å². The molecule has 4 rings (SSSR count). The maximum Gasteiger partial charge on any atom is 0.210 e. The molecule has 6 nitrogen and oxygen atoms in total. The topological polar surface area (TPSA) is 76.5 Å². The van der Waals surface area contributed by atoms with Crippen molar-refractivity contribution in [3.05, 3.63) is 35.5 Å². The quantitative estimate of drug-likeness (QED) is 0.567. The van der Waals surface area contributed by atoms with E-state index in [2.05, 4.69) is 20.5 Å². The van der Waals surface area contributed by atoms with Crippen LogP contribution in [0.4, 0.5) is 0 Å². The van der Waals surface area contributed by atoms with Gasteiger partial charge in [0.25, 0.3) is 0 Å². The molecule has 2 heterocycles. The summed E-state index contributed by atoms with van der Waals surface area (Å²) in [5.74, 6) is 0.450. The lowest BCUT2D eigenvalue weighted by atomic mass is 10.1. The number of aromatic amines is 1. The number of hydrogen-bond acceptors (Lipinski definition) is 5. The van der Waals surface area contributed by atoms with Crippen molar-refractivity contribution in [1.82, 2.24) is 25.2 Å². The Kier molecular flexibility index (Phi) is 4.10. The van der Waals surface area contributed by atoms with Crippen LogP contribution in [0.15, 0.2) is 29.4 Å². The first-order chi connectivity index (χ1) is 11.7. The van der Waals surface area contributed by atoms with Crippen LogP contribution in [0.25, 0.3) is 10.9 Å². The summed E-state index contributed by atoms with van der Waals surface area (Å²) in [7, 11) is 0. The Morgan fingerprint density at radius 3 is 2.96 bits per heavy atom.